The zero-order chi connectivity index (χ0) is 31.7. The first-order valence-corrected chi connectivity index (χ1v) is 16.4. The molecule has 0 spiro atoms. The first-order valence-electron chi connectivity index (χ1n) is 14.9. The second-order valence-corrected chi connectivity index (χ2v) is 13.0. The third-order valence-corrected chi connectivity index (χ3v) is 9.51. The van der Waals surface area contributed by atoms with Crippen LogP contribution >= 0.6 is 0 Å². The highest BCUT2D eigenvalue weighted by Crippen LogP contribution is 2.27. The molecule has 4 aromatic rings. The fraction of sp³-hybridized carbons (Fsp3) is 0.278. The molecular formula is C36H41N3O4S. The zero-order valence-electron chi connectivity index (χ0n) is 25.8. The highest BCUT2D eigenvalue weighted by atomic mass is 32.2. The van der Waals surface area contributed by atoms with Crippen LogP contribution in [0.25, 0.3) is 0 Å². The van der Waals surface area contributed by atoms with E-state index in [-0.39, 0.29) is 29.8 Å². The van der Waals surface area contributed by atoms with Crippen LogP contribution in [0.15, 0.2) is 114 Å². The van der Waals surface area contributed by atoms with Crippen molar-refractivity contribution in [2.24, 2.45) is 0 Å². The van der Waals surface area contributed by atoms with Gasteiger partial charge in [-0.05, 0) is 62.1 Å². The molecule has 2 atom stereocenters. The van der Waals surface area contributed by atoms with Crippen molar-refractivity contribution in [2.45, 2.75) is 64.1 Å². The Labute approximate surface area is 261 Å². The Kier molecular flexibility index (Phi) is 11.0. The molecule has 230 valence electrons. The van der Waals surface area contributed by atoms with Crippen molar-refractivity contribution in [3.8, 4) is 0 Å². The van der Waals surface area contributed by atoms with E-state index in [9.17, 15) is 18.0 Å². The lowest BCUT2D eigenvalue weighted by Crippen LogP contribution is -2.54. The number of nitrogens with one attached hydrogen (secondary N) is 1. The first kappa shape index (κ1) is 32.5. The molecule has 0 saturated carbocycles. The molecule has 0 fully saturated rings. The predicted molar refractivity (Wildman–Crippen MR) is 176 cm³/mol. The molecule has 44 heavy (non-hydrogen) atoms. The number of hydrogen-bond donors (Lipinski definition) is 1. The number of carbonyl (C=O) groups is 2. The summed E-state index contributed by atoms with van der Waals surface area (Å²) < 4.78 is 29.3. The average molecular weight is 612 g/mol. The Morgan fingerprint density at radius 1 is 0.773 bits per heavy atom. The maximum atomic E-state index is 14.5. The molecule has 0 aromatic heterocycles. The van der Waals surface area contributed by atoms with Crippen LogP contribution in [-0.4, -0.2) is 43.8 Å². The third kappa shape index (κ3) is 8.14. The van der Waals surface area contributed by atoms with Crippen LogP contribution < -0.4 is 9.62 Å². The van der Waals surface area contributed by atoms with Crippen molar-refractivity contribution in [3.63, 3.8) is 0 Å². The quantitative estimate of drug-likeness (QED) is 0.199. The van der Waals surface area contributed by atoms with E-state index in [1.54, 1.807) is 30.3 Å². The Morgan fingerprint density at radius 3 is 1.98 bits per heavy atom. The number of sulfonamides is 1. The van der Waals surface area contributed by atoms with Gasteiger partial charge < -0.3 is 10.2 Å². The maximum Gasteiger partial charge on any atom is 0.264 e. The molecule has 4 rings (SSSR count). The SMILES string of the molecule is CCC(C)NC(=O)C(Cc1ccccc1)N(Cc1ccc(C)cc1)C(=O)CN(c1ccccc1C)S(=O)(=O)c1ccccc1. The van der Waals surface area contributed by atoms with Crippen LogP contribution in [-0.2, 0) is 32.6 Å². The van der Waals surface area contributed by atoms with Crippen LogP contribution in [0.5, 0.6) is 0 Å². The summed E-state index contributed by atoms with van der Waals surface area (Å²) in [6, 6.07) is 31.6. The minimum atomic E-state index is -4.13. The van der Waals surface area contributed by atoms with Crippen molar-refractivity contribution in [1.29, 1.82) is 0 Å². The Bertz CT molecular complexity index is 1640. The Balaban J connectivity index is 1.81. The van der Waals surface area contributed by atoms with E-state index < -0.39 is 28.5 Å². The summed E-state index contributed by atoms with van der Waals surface area (Å²) in [4.78, 5) is 30.0. The number of hydrogen-bond acceptors (Lipinski definition) is 4. The van der Waals surface area contributed by atoms with Crippen LogP contribution in [0.3, 0.4) is 0 Å². The van der Waals surface area contributed by atoms with E-state index in [4.69, 9.17) is 0 Å². The standard InChI is InChI=1S/C36H41N3O4S/c1-5-29(4)37-36(41)34(24-30-15-8-6-9-16-30)38(25-31-22-20-27(2)21-23-31)35(40)26-39(33-19-13-12-14-28(33)3)44(42,43)32-17-10-7-11-18-32/h6-23,29,34H,5,24-26H2,1-4H3,(H,37,41). The van der Waals surface area contributed by atoms with Crippen LogP contribution in [0.1, 0.15) is 42.5 Å². The lowest BCUT2D eigenvalue weighted by molar-refractivity contribution is -0.140. The largest absolute Gasteiger partial charge is 0.352 e. The summed E-state index contributed by atoms with van der Waals surface area (Å²) in [5.41, 5.74) is 3.92. The van der Waals surface area contributed by atoms with E-state index >= 15 is 0 Å². The van der Waals surface area contributed by atoms with E-state index in [1.807, 2.05) is 94.4 Å². The molecule has 2 amide bonds. The van der Waals surface area contributed by atoms with Crippen molar-refractivity contribution < 1.29 is 18.0 Å². The predicted octanol–water partition coefficient (Wildman–Crippen LogP) is 6.05. The monoisotopic (exact) mass is 611 g/mol. The van der Waals surface area contributed by atoms with Crippen LogP contribution in [0.2, 0.25) is 0 Å². The van der Waals surface area contributed by atoms with Gasteiger partial charge in [-0.2, -0.15) is 0 Å². The summed E-state index contributed by atoms with van der Waals surface area (Å²) in [7, 11) is -4.13. The van der Waals surface area contributed by atoms with Gasteiger partial charge in [-0.25, -0.2) is 8.42 Å². The summed E-state index contributed by atoms with van der Waals surface area (Å²) in [6.45, 7) is 7.37. The lowest BCUT2D eigenvalue weighted by Gasteiger charge is -2.34. The Hall–Kier alpha value is -4.43. The number of rotatable bonds is 13. The molecule has 0 radical (unpaired) electrons. The fourth-order valence-electron chi connectivity index (χ4n) is 4.96. The molecular weight excluding hydrogens is 570 g/mol. The fourth-order valence-corrected chi connectivity index (χ4v) is 6.46. The molecule has 0 saturated heterocycles. The molecule has 0 heterocycles. The van der Waals surface area contributed by atoms with Gasteiger partial charge in [-0.15, -0.1) is 0 Å². The van der Waals surface area contributed by atoms with E-state index in [0.29, 0.717) is 11.3 Å². The van der Waals surface area contributed by atoms with Gasteiger partial charge in [0.25, 0.3) is 10.0 Å². The number of para-hydroxylation sites is 1. The first-order chi connectivity index (χ1) is 21.1. The topological polar surface area (TPSA) is 86.8 Å². The van der Waals surface area contributed by atoms with E-state index in [0.717, 1.165) is 27.4 Å². The molecule has 2 unspecified atom stereocenters. The van der Waals surface area contributed by atoms with Crippen LogP contribution in [0.4, 0.5) is 5.69 Å². The van der Waals surface area contributed by atoms with Gasteiger partial charge in [0.2, 0.25) is 11.8 Å². The number of anilines is 1. The lowest BCUT2D eigenvalue weighted by atomic mass is 10.0. The maximum absolute atomic E-state index is 14.5. The molecule has 0 aliphatic carbocycles. The number of nitrogens with zero attached hydrogens (tertiary/aromatic N) is 2. The molecule has 8 heteroatoms. The van der Waals surface area contributed by atoms with Gasteiger partial charge in [0, 0.05) is 19.0 Å². The zero-order valence-corrected chi connectivity index (χ0v) is 26.6. The molecule has 1 N–H and O–H groups in total. The van der Waals surface area contributed by atoms with Gasteiger partial charge in [0.05, 0.1) is 10.6 Å². The number of carbonyl (C=O) groups excluding carboxylic acids is 2. The van der Waals surface area contributed by atoms with Gasteiger partial charge >= 0.3 is 0 Å². The van der Waals surface area contributed by atoms with Crippen molar-refractivity contribution in [1.82, 2.24) is 10.2 Å². The summed E-state index contributed by atoms with van der Waals surface area (Å²) in [6.07, 6.45) is 1.00. The van der Waals surface area contributed by atoms with Crippen molar-refractivity contribution in [2.75, 3.05) is 10.8 Å². The highest BCUT2D eigenvalue weighted by Gasteiger charge is 2.35. The average Bonchev–Trinajstić information content (AvgIpc) is 3.03. The molecule has 0 aliphatic rings. The van der Waals surface area contributed by atoms with E-state index in [1.165, 1.54) is 17.0 Å². The van der Waals surface area contributed by atoms with Gasteiger partial charge in [-0.3, -0.25) is 13.9 Å². The molecule has 0 bridgehead atoms. The Morgan fingerprint density at radius 2 is 1.36 bits per heavy atom. The second kappa shape index (κ2) is 14.8. The van der Waals surface area contributed by atoms with Crippen molar-refractivity contribution in [3.05, 3.63) is 131 Å². The normalized spacial score (nSPS) is 12.6. The minimum absolute atomic E-state index is 0.0801. The van der Waals surface area contributed by atoms with Crippen molar-refractivity contribution >= 4 is 27.5 Å². The number of aryl methyl sites for hydroxylation is 2. The smallest absolute Gasteiger partial charge is 0.264 e. The van der Waals surface area contributed by atoms with Gasteiger partial charge in [-0.1, -0.05) is 103 Å². The van der Waals surface area contributed by atoms with Crippen LogP contribution in [0, 0.1) is 13.8 Å². The number of amides is 2. The molecule has 4 aromatic carbocycles. The van der Waals surface area contributed by atoms with Gasteiger partial charge in [0.15, 0.2) is 0 Å². The number of benzene rings is 4. The third-order valence-electron chi connectivity index (χ3n) is 7.74. The molecule has 7 nitrogen and oxygen atoms in total. The second-order valence-electron chi connectivity index (χ2n) is 11.1. The summed E-state index contributed by atoms with van der Waals surface area (Å²) in [5.74, 6) is -0.759. The van der Waals surface area contributed by atoms with E-state index in [2.05, 4.69) is 5.32 Å². The minimum Gasteiger partial charge on any atom is -0.352 e. The summed E-state index contributed by atoms with van der Waals surface area (Å²) >= 11 is 0. The summed E-state index contributed by atoms with van der Waals surface area (Å²) in [5, 5.41) is 3.07. The molecule has 0 aliphatic heterocycles. The highest BCUT2D eigenvalue weighted by molar-refractivity contribution is 7.92. The van der Waals surface area contributed by atoms with Gasteiger partial charge in [0.1, 0.15) is 12.6 Å².